The molecular formula is C15H13BrFNOS. The molecule has 1 unspecified atom stereocenters. The molecule has 0 bridgehead atoms. The molecule has 104 valence electrons. The van der Waals surface area contributed by atoms with Gasteiger partial charge in [0.15, 0.2) is 0 Å². The molecule has 2 nitrogen and oxygen atoms in total. The number of thiol groups is 1. The van der Waals surface area contributed by atoms with Crippen LogP contribution in [0, 0.1) is 5.82 Å². The molecule has 2 rings (SSSR count). The summed E-state index contributed by atoms with van der Waals surface area (Å²) in [6.07, 6.45) is 0. The van der Waals surface area contributed by atoms with Crippen molar-refractivity contribution in [2.24, 2.45) is 0 Å². The van der Waals surface area contributed by atoms with Crippen molar-refractivity contribution < 1.29 is 9.18 Å². The van der Waals surface area contributed by atoms with Crippen LogP contribution in [0.4, 0.5) is 4.39 Å². The number of carbonyl (C=O) groups excluding carboxylic acids is 1. The summed E-state index contributed by atoms with van der Waals surface area (Å²) in [4.78, 5) is 12.9. The van der Waals surface area contributed by atoms with E-state index in [9.17, 15) is 9.18 Å². The van der Waals surface area contributed by atoms with Gasteiger partial charge in [-0.2, -0.15) is 0 Å². The van der Waals surface area contributed by atoms with E-state index in [1.54, 1.807) is 30.3 Å². The summed E-state index contributed by atoms with van der Waals surface area (Å²) in [6.45, 7) is 1.85. The predicted molar refractivity (Wildman–Crippen MR) is 83.7 cm³/mol. The first-order valence-electron chi connectivity index (χ1n) is 6.02. The topological polar surface area (TPSA) is 29.1 Å². The molecular weight excluding hydrogens is 341 g/mol. The van der Waals surface area contributed by atoms with E-state index in [0.29, 0.717) is 14.9 Å². The minimum Gasteiger partial charge on any atom is -0.345 e. The zero-order valence-corrected chi connectivity index (χ0v) is 13.2. The molecule has 5 heteroatoms. The Morgan fingerprint density at radius 3 is 2.55 bits per heavy atom. The lowest BCUT2D eigenvalue weighted by atomic mass is 10.1. The molecule has 0 aromatic heterocycles. The number of rotatable bonds is 3. The molecule has 1 atom stereocenters. The van der Waals surface area contributed by atoms with Gasteiger partial charge in [-0.05, 0) is 58.7 Å². The standard InChI is InChI=1S/C15H13BrFNOS/c1-9(10-2-4-11(17)5-3-10)18-15(19)13-8-12(20)6-7-14(13)16/h2-9,20H,1H3,(H,18,19). The predicted octanol–water partition coefficient (Wildman–Crippen LogP) is 4.37. The first kappa shape index (κ1) is 15.1. The molecule has 0 radical (unpaired) electrons. The van der Waals surface area contributed by atoms with Crippen molar-refractivity contribution >= 4 is 34.5 Å². The quantitative estimate of drug-likeness (QED) is 0.788. The monoisotopic (exact) mass is 353 g/mol. The number of halogens is 2. The van der Waals surface area contributed by atoms with Crippen LogP contribution in [0.25, 0.3) is 0 Å². The normalized spacial score (nSPS) is 12.0. The Labute approximate surface area is 130 Å². The molecule has 0 aliphatic rings. The summed E-state index contributed by atoms with van der Waals surface area (Å²) in [5, 5.41) is 2.87. The molecule has 2 aromatic rings. The molecule has 0 saturated carbocycles. The highest BCUT2D eigenvalue weighted by Crippen LogP contribution is 2.21. The number of amides is 1. The second-order valence-corrected chi connectivity index (χ2v) is 5.78. The van der Waals surface area contributed by atoms with Crippen LogP contribution in [-0.2, 0) is 0 Å². The van der Waals surface area contributed by atoms with Crippen LogP contribution < -0.4 is 5.32 Å². The first-order valence-corrected chi connectivity index (χ1v) is 7.26. The number of carbonyl (C=O) groups is 1. The number of benzene rings is 2. The van der Waals surface area contributed by atoms with Crippen molar-refractivity contribution in [2.45, 2.75) is 17.9 Å². The molecule has 0 spiro atoms. The lowest BCUT2D eigenvalue weighted by Crippen LogP contribution is -2.27. The van der Waals surface area contributed by atoms with E-state index in [1.807, 2.05) is 6.92 Å². The van der Waals surface area contributed by atoms with Crippen LogP contribution >= 0.6 is 28.6 Å². The van der Waals surface area contributed by atoms with Crippen LogP contribution in [0.15, 0.2) is 51.8 Å². The maximum Gasteiger partial charge on any atom is 0.252 e. The van der Waals surface area contributed by atoms with Gasteiger partial charge in [0.05, 0.1) is 11.6 Å². The third-order valence-electron chi connectivity index (χ3n) is 2.91. The summed E-state index contributed by atoms with van der Waals surface area (Å²) >= 11 is 7.57. The van der Waals surface area contributed by atoms with Gasteiger partial charge in [0, 0.05) is 9.37 Å². The Balaban J connectivity index is 2.15. The molecule has 0 aliphatic carbocycles. The van der Waals surface area contributed by atoms with Gasteiger partial charge in [-0.1, -0.05) is 12.1 Å². The summed E-state index contributed by atoms with van der Waals surface area (Å²) in [6, 6.07) is 11.1. The molecule has 20 heavy (non-hydrogen) atoms. The maximum absolute atomic E-state index is 12.9. The van der Waals surface area contributed by atoms with Gasteiger partial charge in [0.1, 0.15) is 5.82 Å². The van der Waals surface area contributed by atoms with Crippen molar-refractivity contribution in [2.75, 3.05) is 0 Å². The fourth-order valence-corrected chi connectivity index (χ4v) is 2.43. The largest absolute Gasteiger partial charge is 0.345 e. The summed E-state index contributed by atoms with van der Waals surface area (Å²) < 4.78 is 13.6. The van der Waals surface area contributed by atoms with E-state index < -0.39 is 0 Å². The molecule has 0 saturated heterocycles. The van der Waals surface area contributed by atoms with E-state index in [2.05, 4.69) is 33.9 Å². The van der Waals surface area contributed by atoms with Crippen molar-refractivity contribution in [3.05, 3.63) is 63.9 Å². The molecule has 0 heterocycles. The highest BCUT2D eigenvalue weighted by molar-refractivity contribution is 9.10. The van der Waals surface area contributed by atoms with E-state index in [0.717, 1.165) is 5.56 Å². The summed E-state index contributed by atoms with van der Waals surface area (Å²) in [7, 11) is 0. The molecule has 1 N–H and O–H groups in total. The number of hydrogen-bond acceptors (Lipinski definition) is 2. The molecule has 0 fully saturated rings. The Kier molecular flexibility index (Phi) is 4.83. The highest BCUT2D eigenvalue weighted by Gasteiger charge is 2.14. The van der Waals surface area contributed by atoms with Gasteiger partial charge >= 0.3 is 0 Å². The summed E-state index contributed by atoms with van der Waals surface area (Å²) in [5.74, 6) is -0.498. The van der Waals surface area contributed by atoms with Gasteiger partial charge < -0.3 is 5.32 Å². The zero-order valence-electron chi connectivity index (χ0n) is 10.7. The van der Waals surface area contributed by atoms with Gasteiger partial charge in [-0.3, -0.25) is 4.79 Å². The van der Waals surface area contributed by atoms with E-state index in [1.165, 1.54) is 12.1 Å². The lowest BCUT2D eigenvalue weighted by Gasteiger charge is -2.15. The molecule has 1 amide bonds. The number of nitrogens with one attached hydrogen (secondary N) is 1. The third kappa shape index (κ3) is 3.61. The highest BCUT2D eigenvalue weighted by atomic mass is 79.9. The van der Waals surface area contributed by atoms with E-state index in [-0.39, 0.29) is 17.8 Å². The van der Waals surface area contributed by atoms with Crippen LogP contribution in [0.1, 0.15) is 28.9 Å². The van der Waals surface area contributed by atoms with Crippen LogP contribution in [-0.4, -0.2) is 5.91 Å². The van der Waals surface area contributed by atoms with Gasteiger partial charge in [0.25, 0.3) is 5.91 Å². The Hall–Kier alpha value is -1.33. The van der Waals surface area contributed by atoms with Crippen LogP contribution in [0.2, 0.25) is 0 Å². The van der Waals surface area contributed by atoms with Gasteiger partial charge in [0.2, 0.25) is 0 Å². The average molecular weight is 354 g/mol. The first-order chi connectivity index (χ1) is 9.47. The van der Waals surface area contributed by atoms with Crippen LogP contribution in [0.3, 0.4) is 0 Å². The third-order valence-corrected chi connectivity index (χ3v) is 3.88. The SMILES string of the molecule is CC(NC(=O)c1cc(S)ccc1Br)c1ccc(F)cc1. The maximum atomic E-state index is 12.9. The van der Waals surface area contributed by atoms with Crippen molar-refractivity contribution in [1.82, 2.24) is 5.32 Å². The second kappa shape index (κ2) is 6.41. The van der Waals surface area contributed by atoms with Crippen LogP contribution in [0.5, 0.6) is 0 Å². The Morgan fingerprint density at radius 2 is 1.90 bits per heavy atom. The molecule has 0 aliphatic heterocycles. The fourth-order valence-electron chi connectivity index (χ4n) is 1.80. The van der Waals surface area contributed by atoms with Crippen molar-refractivity contribution in [3.63, 3.8) is 0 Å². The smallest absolute Gasteiger partial charge is 0.252 e. The van der Waals surface area contributed by atoms with Crippen molar-refractivity contribution in [3.8, 4) is 0 Å². The zero-order chi connectivity index (χ0) is 14.7. The van der Waals surface area contributed by atoms with Crippen molar-refractivity contribution in [1.29, 1.82) is 0 Å². The van der Waals surface area contributed by atoms with E-state index in [4.69, 9.17) is 0 Å². The second-order valence-electron chi connectivity index (χ2n) is 4.41. The minimum atomic E-state index is -0.294. The molecule has 2 aromatic carbocycles. The van der Waals surface area contributed by atoms with E-state index >= 15 is 0 Å². The Morgan fingerprint density at radius 1 is 1.25 bits per heavy atom. The average Bonchev–Trinajstić information content (AvgIpc) is 2.42. The van der Waals surface area contributed by atoms with Gasteiger partial charge in [-0.15, -0.1) is 12.6 Å². The fraction of sp³-hybridized carbons (Fsp3) is 0.133. The van der Waals surface area contributed by atoms with Gasteiger partial charge in [-0.25, -0.2) is 4.39 Å². The summed E-state index contributed by atoms with van der Waals surface area (Å²) in [5.41, 5.74) is 1.37. The lowest BCUT2D eigenvalue weighted by molar-refractivity contribution is 0.0939. The Bertz CT molecular complexity index is 630. The minimum absolute atomic E-state index is 0.204. The number of hydrogen-bond donors (Lipinski definition) is 2.